The van der Waals surface area contributed by atoms with E-state index >= 15 is 0 Å². The third-order valence-corrected chi connectivity index (χ3v) is 7.61. The van der Waals surface area contributed by atoms with Crippen LogP contribution in [0.15, 0.2) is 59.2 Å². The fourth-order valence-corrected chi connectivity index (χ4v) is 5.28. The molecular formula is C26H17BrCl3F4NO. The summed E-state index contributed by atoms with van der Waals surface area (Å²) in [4.78, 5) is 17.2. The normalized spacial score (nSPS) is 15.8. The zero-order chi connectivity index (χ0) is 26.3. The van der Waals surface area contributed by atoms with Gasteiger partial charge in [0.15, 0.2) is 11.6 Å². The molecular weight excluding hydrogens is 605 g/mol. The number of aromatic nitrogens is 1. The Morgan fingerprint density at radius 1 is 1.08 bits per heavy atom. The monoisotopic (exact) mass is 619 g/mol. The van der Waals surface area contributed by atoms with Gasteiger partial charge in [0.1, 0.15) is 5.15 Å². The molecule has 3 aromatic rings. The van der Waals surface area contributed by atoms with Gasteiger partial charge in [0.25, 0.3) is 0 Å². The Kier molecular flexibility index (Phi) is 7.87. The van der Waals surface area contributed by atoms with Crippen LogP contribution in [0.5, 0.6) is 0 Å². The first-order valence-corrected chi connectivity index (χ1v) is 12.7. The maximum atomic E-state index is 13.8. The van der Waals surface area contributed by atoms with Crippen molar-refractivity contribution in [2.75, 3.05) is 0 Å². The SMILES string of the molecule is O=C(CC1(c2ccc(Cl)nc2)CC1)c1ccc(/C=C/C(c2cc(Cl)c(F)c(Cl)c2)C(F)(F)F)cc1Br. The van der Waals surface area contributed by atoms with Crippen molar-refractivity contribution in [1.82, 2.24) is 4.98 Å². The Labute approximate surface area is 228 Å². The first-order valence-electron chi connectivity index (χ1n) is 10.7. The van der Waals surface area contributed by atoms with Crippen LogP contribution in [0.3, 0.4) is 0 Å². The molecule has 188 valence electrons. The highest BCUT2D eigenvalue weighted by molar-refractivity contribution is 9.10. The largest absolute Gasteiger partial charge is 0.399 e. The molecule has 2 nitrogen and oxygen atoms in total. The van der Waals surface area contributed by atoms with Gasteiger partial charge in [-0.3, -0.25) is 4.79 Å². The summed E-state index contributed by atoms with van der Waals surface area (Å²) < 4.78 is 55.4. The molecule has 0 amide bonds. The fraction of sp³-hybridized carbons (Fsp3) is 0.231. The maximum Gasteiger partial charge on any atom is 0.399 e. The molecule has 1 unspecified atom stereocenters. The van der Waals surface area contributed by atoms with E-state index in [1.165, 1.54) is 6.08 Å². The van der Waals surface area contributed by atoms with Crippen LogP contribution in [0.1, 0.15) is 52.2 Å². The Hall–Kier alpha value is -1.93. The number of rotatable bonds is 7. The molecule has 1 aliphatic carbocycles. The van der Waals surface area contributed by atoms with Gasteiger partial charge in [0.2, 0.25) is 0 Å². The number of hydrogen-bond acceptors (Lipinski definition) is 2. The first kappa shape index (κ1) is 27.1. The Morgan fingerprint density at radius 2 is 1.75 bits per heavy atom. The lowest BCUT2D eigenvalue weighted by Gasteiger charge is -2.18. The van der Waals surface area contributed by atoms with Crippen LogP contribution in [-0.4, -0.2) is 16.9 Å². The van der Waals surface area contributed by atoms with E-state index in [4.69, 9.17) is 34.8 Å². The topological polar surface area (TPSA) is 30.0 Å². The minimum Gasteiger partial charge on any atom is -0.294 e. The van der Waals surface area contributed by atoms with E-state index in [2.05, 4.69) is 20.9 Å². The highest BCUT2D eigenvalue weighted by atomic mass is 79.9. The number of nitrogens with zero attached hydrogens (tertiary/aromatic N) is 1. The highest BCUT2D eigenvalue weighted by Crippen LogP contribution is 2.51. The number of Topliss-reactive ketones (excluding diaryl/α,β-unsaturated/α-hetero) is 1. The average Bonchev–Trinajstić information content (AvgIpc) is 3.57. The summed E-state index contributed by atoms with van der Waals surface area (Å²) in [6.45, 7) is 0. The quantitative estimate of drug-likeness (QED) is 0.114. The number of benzene rings is 2. The number of carbonyl (C=O) groups excluding carboxylic acids is 1. The van der Waals surface area contributed by atoms with Gasteiger partial charge in [-0.25, -0.2) is 9.37 Å². The van der Waals surface area contributed by atoms with Crippen LogP contribution in [-0.2, 0) is 5.41 Å². The van der Waals surface area contributed by atoms with Gasteiger partial charge in [0.05, 0.1) is 16.0 Å². The summed E-state index contributed by atoms with van der Waals surface area (Å²) in [7, 11) is 0. The van der Waals surface area contributed by atoms with Gasteiger partial charge in [-0.1, -0.05) is 75.0 Å². The standard InChI is InChI=1S/C26H17BrCl3F4NO/c27-19-9-14(2-5-18(26(32,33)34)15-10-20(28)24(31)21(29)11-15)1-4-17(19)22(36)12-25(7-8-25)16-3-6-23(30)35-13-16/h1-6,9-11,13,18H,7-8,12H2/b5-2+. The van der Waals surface area contributed by atoms with Crippen LogP contribution in [0.25, 0.3) is 6.08 Å². The number of allylic oxidation sites excluding steroid dienone is 1. The molecule has 10 heteroatoms. The molecule has 0 spiro atoms. The van der Waals surface area contributed by atoms with E-state index < -0.39 is 28.0 Å². The van der Waals surface area contributed by atoms with E-state index in [-0.39, 0.29) is 23.2 Å². The van der Waals surface area contributed by atoms with Crippen molar-refractivity contribution in [3.8, 4) is 0 Å². The predicted octanol–water partition coefficient (Wildman–Crippen LogP) is 9.61. The molecule has 0 saturated heterocycles. The molecule has 4 rings (SSSR count). The molecule has 1 aliphatic rings. The molecule has 0 aliphatic heterocycles. The number of carbonyl (C=O) groups is 1. The second-order valence-corrected chi connectivity index (χ2v) is 10.7. The molecule has 1 heterocycles. The number of ketones is 1. The Bertz CT molecular complexity index is 1320. The van der Waals surface area contributed by atoms with Crippen molar-refractivity contribution in [3.63, 3.8) is 0 Å². The lowest BCUT2D eigenvalue weighted by atomic mass is 9.89. The van der Waals surface area contributed by atoms with Gasteiger partial charge in [0, 0.05) is 28.1 Å². The van der Waals surface area contributed by atoms with E-state index in [9.17, 15) is 22.4 Å². The van der Waals surface area contributed by atoms with E-state index in [1.807, 2.05) is 6.07 Å². The Balaban J connectivity index is 1.54. The summed E-state index contributed by atoms with van der Waals surface area (Å²) >= 11 is 20.6. The minimum absolute atomic E-state index is 0.0892. The van der Waals surface area contributed by atoms with Crippen LogP contribution in [0, 0.1) is 5.82 Å². The number of pyridine rings is 1. The third-order valence-electron chi connectivity index (χ3n) is 6.18. The molecule has 1 saturated carbocycles. The maximum absolute atomic E-state index is 13.8. The molecule has 0 N–H and O–H groups in total. The van der Waals surface area contributed by atoms with E-state index in [1.54, 1.807) is 30.5 Å². The summed E-state index contributed by atoms with van der Waals surface area (Å²) in [5.74, 6) is -3.12. The zero-order valence-electron chi connectivity index (χ0n) is 18.4. The summed E-state index contributed by atoms with van der Waals surface area (Å²) in [6.07, 6.45) is 1.24. The molecule has 0 bridgehead atoms. The van der Waals surface area contributed by atoms with Crippen molar-refractivity contribution in [1.29, 1.82) is 0 Å². The number of hydrogen-bond donors (Lipinski definition) is 0. The summed E-state index contributed by atoms with van der Waals surface area (Å²) in [5.41, 5.74) is 1.27. The third kappa shape index (κ3) is 5.96. The van der Waals surface area contributed by atoms with E-state index in [0.29, 0.717) is 20.8 Å². The summed E-state index contributed by atoms with van der Waals surface area (Å²) in [6, 6.07) is 10.1. The van der Waals surface area contributed by atoms with Crippen molar-refractivity contribution in [2.24, 2.45) is 0 Å². The van der Waals surface area contributed by atoms with Crippen LogP contribution in [0.2, 0.25) is 15.2 Å². The van der Waals surface area contributed by atoms with Crippen LogP contribution in [0.4, 0.5) is 17.6 Å². The number of alkyl halides is 3. The lowest BCUT2D eigenvalue weighted by molar-refractivity contribution is -0.139. The van der Waals surface area contributed by atoms with Gasteiger partial charge in [-0.2, -0.15) is 13.2 Å². The first-order chi connectivity index (χ1) is 16.9. The fourth-order valence-electron chi connectivity index (χ4n) is 4.04. The van der Waals surface area contributed by atoms with Crippen molar-refractivity contribution in [3.05, 3.63) is 102 Å². The molecule has 2 aromatic carbocycles. The van der Waals surface area contributed by atoms with Crippen molar-refractivity contribution < 1.29 is 22.4 Å². The molecule has 1 aromatic heterocycles. The van der Waals surface area contributed by atoms with Gasteiger partial charge < -0.3 is 0 Å². The van der Waals surface area contributed by atoms with E-state index in [0.717, 1.165) is 36.6 Å². The molecule has 1 atom stereocenters. The summed E-state index contributed by atoms with van der Waals surface area (Å²) in [5, 5.41) is -0.604. The zero-order valence-corrected chi connectivity index (χ0v) is 22.2. The Morgan fingerprint density at radius 3 is 2.28 bits per heavy atom. The highest BCUT2D eigenvalue weighted by Gasteiger charge is 2.46. The van der Waals surface area contributed by atoms with Crippen LogP contribution < -0.4 is 0 Å². The molecule has 36 heavy (non-hydrogen) atoms. The van der Waals surface area contributed by atoms with Crippen LogP contribution >= 0.6 is 50.7 Å². The predicted molar refractivity (Wildman–Crippen MR) is 137 cm³/mol. The average molecular weight is 622 g/mol. The molecule has 1 fully saturated rings. The van der Waals surface area contributed by atoms with Gasteiger partial charge >= 0.3 is 6.18 Å². The second-order valence-electron chi connectivity index (χ2n) is 8.67. The van der Waals surface area contributed by atoms with Crippen molar-refractivity contribution in [2.45, 2.75) is 36.8 Å². The lowest BCUT2D eigenvalue weighted by Crippen LogP contribution is -2.19. The number of halogens is 8. The van der Waals surface area contributed by atoms with Gasteiger partial charge in [-0.05, 0) is 59.9 Å². The van der Waals surface area contributed by atoms with Gasteiger partial charge in [-0.15, -0.1) is 0 Å². The molecule has 0 radical (unpaired) electrons. The smallest absolute Gasteiger partial charge is 0.294 e. The van der Waals surface area contributed by atoms with Crippen molar-refractivity contribution >= 4 is 62.6 Å². The second kappa shape index (κ2) is 10.4. The minimum atomic E-state index is -4.66.